The zero-order valence-corrected chi connectivity index (χ0v) is 11.0. The second kappa shape index (κ2) is 7.31. The van der Waals surface area contributed by atoms with Crippen molar-refractivity contribution in [3.8, 4) is 0 Å². The molecule has 1 atom stereocenters. The molecule has 0 nitrogen and oxygen atoms in total. The molecule has 0 aliphatic rings. The molecule has 0 saturated carbocycles. The molecule has 0 fully saturated rings. The van der Waals surface area contributed by atoms with Crippen LogP contribution in [0.1, 0.15) is 79.6 Å². The molecule has 0 N–H and O–H groups in total. The Morgan fingerprint density at radius 2 is 1.50 bits per heavy atom. The summed E-state index contributed by atoms with van der Waals surface area (Å²) in [4.78, 5) is 0. The lowest BCUT2D eigenvalue weighted by Crippen LogP contribution is -2.21. The first kappa shape index (κ1) is 14.0. The van der Waals surface area contributed by atoms with Crippen molar-refractivity contribution in [1.82, 2.24) is 0 Å². The molecule has 14 heavy (non-hydrogen) atoms. The molecular formula is C14H30. The second-order valence-corrected chi connectivity index (χ2v) is 5.06. The van der Waals surface area contributed by atoms with Gasteiger partial charge in [0.1, 0.15) is 0 Å². The smallest absolute Gasteiger partial charge is 0.0300 e. The first-order chi connectivity index (χ1) is 6.64. The summed E-state index contributed by atoms with van der Waals surface area (Å²) in [6, 6.07) is 0. The van der Waals surface area contributed by atoms with Gasteiger partial charge in [-0.25, -0.2) is 0 Å². The summed E-state index contributed by atoms with van der Waals surface area (Å²) in [6.07, 6.45) is 9.70. The van der Waals surface area contributed by atoms with E-state index in [1.54, 1.807) is 0 Å². The monoisotopic (exact) mass is 198 g/mol. The third-order valence-corrected chi connectivity index (χ3v) is 3.84. The van der Waals surface area contributed by atoms with E-state index in [9.17, 15) is 0 Å². The zero-order valence-electron chi connectivity index (χ0n) is 11.0. The Kier molecular flexibility index (Phi) is 7.31. The molecule has 0 rings (SSSR count). The van der Waals surface area contributed by atoms with Crippen LogP contribution in [0.4, 0.5) is 0 Å². The molecule has 0 aliphatic carbocycles. The summed E-state index contributed by atoms with van der Waals surface area (Å²) < 4.78 is 0. The van der Waals surface area contributed by atoms with Crippen molar-refractivity contribution in [3.63, 3.8) is 0 Å². The molecule has 0 bridgehead atoms. The molecule has 0 aromatic rings. The van der Waals surface area contributed by atoms with Gasteiger partial charge in [-0.05, 0) is 24.2 Å². The van der Waals surface area contributed by atoms with Gasteiger partial charge < -0.3 is 0 Å². The van der Waals surface area contributed by atoms with Gasteiger partial charge in [-0.1, -0.05) is 66.7 Å². The van der Waals surface area contributed by atoms with Gasteiger partial charge in [0.25, 0.3) is 0 Å². The summed E-state index contributed by atoms with van der Waals surface area (Å²) in [6.45, 7) is 11.8. The summed E-state index contributed by atoms with van der Waals surface area (Å²) in [5.74, 6) is 0.923. The van der Waals surface area contributed by atoms with Crippen LogP contribution in [0.3, 0.4) is 0 Å². The van der Waals surface area contributed by atoms with Gasteiger partial charge >= 0.3 is 0 Å². The highest BCUT2D eigenvalue weighted by Gasteiger charge is 2.26. The first-order valence-electron chi connectivity index (χ1n) is 6.64. The maximum Gasteiger partial charge on any atom is -0.0300 e. The second-order valence-electron chi connectivity index (χ2n) is 5.06. The summed E-state index contributed by atoms with van der Waals surface area (Å²) in [5, 5.41) is 0. The standard InChI is InChI=1S/C14H30/c1-6-10-13(5)12-14(8-3,9-4)11-7-2/h13H,6-12H2,1-5H3. The van der Waals surface area contributed by atoms with Crippen LogP contribution in [0.2, 0.25) is 0 Å². The molecule has 0 heteroatoms. The normalized spacial score (nSPS) is 14.4. The summed E-state index contributed by atoms with van der Waals surface area (Å²) in [7, 11) is 0. The van der Waals surface area contributed by atoms with Crippen molar-refractivity contribution in [2.75, 3.05) is 0 Å². The van der Waals surface area contributed by atoms with Crippen LogP contribution < -0.4 is 0 Å². The molecule has 0 aliphatic heterocycles. The van der Waals surface area contributed by atoms with Gasteiger partial charge in [0.15, 0.2) is 0 Å². The fraction of sp³-hybridized carbons (Fsp3) is 1.00. The van der Waals surface area contributed by atoms with E-state index in [0.29, 0.717) is 5.41 Å². The molecular weight excluding hydrogens is 168 g/mol. The van der Waals surface area contributed by atoms with E-state index in [-0.39, 0.29) is 0 Å². The lowest BCUT2D eigenvalue weighted by atomic mass is 9.71. The van der Waals surface area contributed by atoms with Crippen molar-refractivity contribution in [2.24, 2.45) is 11.3 Å². The van der Waals surface area contributed by atoms with E-state index in [1.165, 1.54) is 44.9 Å². The topological polar surface area (TPSA) is 0 Å². The highest BCUT2D eigenvalue weighted by atomic mass is 14.3. The molecule has 1 unspecified atom stereocenters. The lowest BCUT2D eigenvalue weighted by molar-refractivity contribution is 0.177. The first-order valence-corrected chi connectivity index (χ1v) is 6.64. The lowest BCUT2D eigenvalue weighted by Gasteiger charge is -2.34. The molecule has 0 amide bonds. The van der Waals surface area contributed by atoms with Crippen molar-refractivity contribution in [1.29, 1.82) is 0 Å². The average molecular weight is 198 g/mol. The van der Waals surface area contributed by atoms with Crippen molar-refractivity contribution in [3.05, 3.63) is 0 Å². The van der Waals surface area contributed by atoms with Crippen LogP contribution in [0.25, 0.3) is 0 Å². The molecule has 0 spiro atoms. The van der Waals surface area contributed by atoms with Gasteiger partial charge in [0.2, 0.25) is 0 Å². The minimum absolute atomic E-state index is 0.656. The Bertz CT molecular complexity index is 122. The van der Waals surface area contributed by atoms with Gasteiger partial charge in [0.05, 0.1) is 0 Å². The maximum atomic E-state index is 2.43. The SMILES string of the molecule is CCCC(C)CC(CC)(CC)CCC. The van der Waals surface area contributed by atoms with Crippen LogP contribution in [-0.4, -0.2) is 0 Å². The highest BCUT2D eigenvalue weighted by molar-refractivity contribution is 4.78. The predicted molar refractivity (Wildman–Crippen MR) is 66.6 cm³/mol. The fourth-order valence-corrected chi connectivity index (χ4v) is 2.86. The van der Waals surface area contributed by atoms with Crippen molar-refractivity contribution >= 4 is 0 Å². The Balaban J connectivity index is 4.18. The van der Waals surface area contributed by atoms with Crippen LogP contribution in [0.15, 0.2) is 0 Å². The van der Waals surface area contributed by atoms with Crippen LogP contribution in [0, 0.1) is 11.3 Å². The zero-order chi connectivity index (χ0) is 11.0. The Morgan fingerprint density at radius 3 is 1.86 bits per heavy atom. The molecule has 0 heterocycles. The van der Waals surface area contributed by atoms with E-state index >= 15 is 0 Å². The van der Waals surface area contributed by atoms with E-state index < -0.39 is 0 Å². The predicted octanol–water partition coefficient (Wildman–Crippen LogP) is 5.42. The van der Waals surface area contributed by atoms with Gasteiger partial charge in [-0.15, -0.1) is 0 Å². The Labute approximate surface area is 91.5 Å². The summed E-state index contributed by atoms with van der Waals surface area (Å²) >= 11 is 0. The van der Waals surface area contributed by atoms with E-state index in [1.807, 2.05) is 0 Å². The van der Waals surface area contributed by atoms with Gasteiger partial charge in [-0.3, -0.25) is 0 Å². The van der Waals surface area contributed by atoms with Gasteiger partial charge in [-0.2, -0.15) is 0 Å². The molecule has 0 aromatic carbocycles. The van der Waals surface area contributed by atoms with Crippen LogP contribution in [0.5, 0.6) is 0 Å². The van der Waals surface area contributed by atoms with E-state index in [4.69, 9.17) is 0 Å². The van der Waals surface area contributed by atoms with Crippen molar-refractivity contribution in [2.45, 2.75) is 79.6 Å². The van der Waals surface area contributed by atoms with Gasteiger partial charge in [0, 0.05) is 0 Å². The minimum atomic E-state index is 0.656. The minimum Gasteiger partial charge on any atom is -0.0654 e. The average Bonchev–Trinajstić information content (AvgIpc) is 2.17. The quantitative estimate of drug-likeness (QED) is 0.488. The number of hydrogen-bond donors (Lipinski definition) is 0. The highest BCUT2D eigenvalue weighted by Crippen LogP contribution is 2.39. The third kappa shape index (κ3) is 4.48. The van der Waals surface area contributed by atoms with Crippen LogP contribution >= 0.6 is 0 Å². The molecule has 0 aromatic heterocycles. The molecule has 0 saturated heterocycles. The molecule has 0 radical (unpaired) electrons. The third-order valence-electron chi connectivity index (χ3n) is 3.84. The largest absolute Gasteiger partial charge is 0.0654 e. The fourth-order valence-electron chi connectivity index (χ4n) is 2.86. The van der Waals surface area contributed by atoms with Crippen molar-refractivity contribution < 1.29 is 0 Å². The maximum absolute atomic E-state index is 2.43. The summed E-state index contributed by atoms with van der Waals surface area (Å²) in [5.41, 5.74) is 0.656. The number of rotatable bonds is 8. The Hall–Kier alpha value is 0. The molecule has 86 valence electrons. The van der Waals surface area contributed by atoms with E-state index in [2.05, 4.69) is 34.6 Å². The Morgan fingerprint density at radius 1 is 0.929 bits per heavy atom. The van der Waals surface area contributed by atoms with E-state index in [0.717, 1.165) is 5.92 Å². The number of hydrogen-bond acceptors (Lipinski definition) is 0. The van der Waals surface area contributed by atoms with Crippen LogP contribution in [-0.2, 0) is 0 Å².